The number of carbonyl (C=O) groups is 1. The van der Waals surface area contributed by atoms with Gasteiger partial charge >= 0.3 is 5.97 Å². The molecule has 0 unspecified atom stereocenters. The fourth-order valence-corrected chi connectivity index (χ4v) is 1.17. The van der Waals surface area contributed by atoms with E-state index in [1.54, 1.807) is 0 Å². The van der Waals surface area contributed by atoms with Gasteiger partial charge in [-0.25, -0.2) is 9.18 Å². The van der Waals surface area contributed by atoms with Crippen molar-refractivity contribution in [2.24, 2.45) is 0 Å². The lowest BCUT2D eigenvalue weighted by Crippen LogP contribution is -2.07. The van der Waals surface area contributed by atoms with Crippen LogP contribution in [0.25, 0.3) is 0 Å². The summed E-state index contributed by atoms with van der Waals surface area (Å²) in [6, 6.07) is 5.29. The van der Waals surface area contributed by atoms with E-state index >= 15 is 0 Å². The number of halogens is 1. The number of benzene rings is 1. The average Bonchev–Trinajstić information content (AvgIpc) is 2.28. The molecular weight excluding hydrogens is 211 g/mol. The third-order valence-electron chi connectivity index (χ3n) is 2.03. The first kappa shape index (κ1) is 12.6. The predicted octanol–water partition coefficient (Wildman–Crippen LogP) is 3.10. The Balaban J connectivity index is 2.30. The van der Waals surface area contributed by atoms with Crippen molar-refractivity contribution in [2.45, 2.75) is 26.2 Å². The molecule has 0 aliphatic rings. The van der Waals surface area contributed by atoms with Crippen molar-refractivity contribution in [3.8, 4) is 0 Å². The first-order valence-corrected chi connectivity index (χ1v) is 5.33. The highest BCUT2D eigenvalue weighted by Gasteiger charge is 2.08. The normalized spacial score (nSPS) is 10.1. The smallest absolute Gasteiger partial charge is 0.293 e. The maximum absolute atomic E-state index is 12.8. The van der Waals surface area contributed by atoms with Gasteiger partial charge in [0.1, 0.15) is 5.82 Å². The van der Waals surface area contributed by atoms with E-state index < -0.39 is 11.8 Å². The van der Waals surface area contributed by atoms with Gasteiger partial charge in [0.15, 0.2) is 0 Å². The summed E-state index contributed by atoms with van der Waals surface area (Å²) in [6.07, 6.45) is 2.94. The Labute approximate surface area is 94.1 Å². The fraction of sp³-hybridized carbons (Fsp3) is 0.417. The molecule has 4 heteroatoms. The number of carbonyl (C=O) groups excluding carboxylic acids is 1. The van der Waals surface area contributed by atoms with Gasteiger partial charge in [-0.3, -0.25) is 4.89 Å². The number of rotatable bonds is 6. The van der Waals surface area contributed by atoms with E-state index in [-0.39, 0.29) is 5.56 Å². The standard InChI is InChI=1S/C12H15FO3/c1-2-3-4-8-15-16-12(14)10-6-5-7-11(13)9-10/h5-7,9H,2-4,8H2,1H3. The first-order valence-electron chi connectivity index (χ1n) is 5.33. The molecule has 0 saturated carbocycles. The lowest BCUT2D eigenvalue weighted by atomic mass is 10.2. The van der Waals surface area contributed by atoms with E-state index in [2.05, 4.69) is 11.8 Å². The topological polar surface area (TPSA) is 35.5 Å². The molecule has 16 heavy (non-hydrogen) atoms. The van der Waals surface area contributed by atoms with Gasteiger partial charge in [0.2, 0.25) is 0 Å². The Morgan fingerprint density at radius 1 is 1.38 bits per heavy atom. The van der Waals surface area contributed by atoms with Crippen molar-refractivity contribution in [2.75, 3.05) is 6.61 Å². The zero-order chi connectivity index (χ0) is 11.8. The van der Waals surface area contributed by atoms with Crippen molar-refractivity contribution in [3.05, 3.63) is 35.6 Å². The highest BCUT2D eigenvalue weighted by atomic mass is 19.1. The van der Waals surface area contributed by atoms with Gasteiger partial charge in [-0.2, -0.15) is 4.89 Å². The molecule has 88 valence electrons. The molecule has 0 heterocycles. The number of hydrogen-bond donors (Lipinski definition) is 0. The summed E-state index contributed by atoms with van der Waals surface area (Å²) in [7, 11) is 0. The van der Waals surface area contributed by atoms with Gasteiger partial charge in [0, 0.05) is 0 Å². The monoisotopic (exact) mass is 226 g/mol. The van der Waals surface area contributed by atoms with Crippen LogP contribution in [-0.4, -0.2) is 12.6 Å². The molecule has 0 aliphatic heterocycles. The van der Waals surface area contributed by atoms with Gasteiger partial charge in [-0.15, -0.1) is 0 Å². The van der Waals surface area contributed by atoms with Crippen LogP contribution in [0, 0.1) is 5.82 Å². The summed E-state index contributed by atoms with van der Waals surface area (Å²) in [5, 5.41) is 0. The molecule has 0 radical (unpaired) electrons. The largest absolute Gasteiger partial charge is 0.373 e. The zero-order valence-electron chi connectivity index (χ0n) is 9.24. The lowest BCUT2D eigenvalue weighted by molar-refractivity contribution is -0.241. The highest BCUT2D eigenvalue weighted by Crippen LogP contribution is 2.05. The maximum atomic E-state index is 12.8. The predicted molar refractivity (Wildman–Crippen MR) is 57.3 cm³/mol. The Bertz CT molecular complexity index is 339. The van der Waals surface area contributed by atoms with Crippen molar-refractivity contribution in [3.63, 3.8) is 0 Å². The van der Waals surface area contributed by atoms with E-state index in [0.717, 1.165) is 25.3 Å². The Kier molecular flexibility index (Phi) is 5.50. The quantitative estimate of drug-likeness (QED) is 0.424. The highest BCUT2D eigenvalue weighted by molar-refractivity contribution is 5.88. The van der Waals surface area contributed by atoms with Crippen molar-refractivity contribution < 1.29 is 19.0 Å². The van der Waals surface area contributed by atoms with E-state index in [4.69, 9.17) is 4.89 Å². The van der Waals surface area contributed by atoms with Crippen LogP contribution in [0.4, 0.5) is 4.39 Å². The molecule has 0 spiro atoms. The van der Waals surface area contributed by atoms with Crippen LogP contribution < -0.4 is 0 Å². The van der Waals surface area contributed by atoms with Gasteiger partial charge in [0.05, 0.1) is 12.2 Å². The van der Waals surface area contributed by atoms with Crippen molar-refractivity contribution in [1.29, 1.82) is 0 Å². The number of unbranched alkanes of at least 4 members (excludes halogenated alkanes) is 2. The van der Waals surface area contributed by atoms with Crippen LogP contribution in [0.5, 0.6) is 0 Å². The Morgan fingerprint density at radius 2 is 2.19 bits per heavy atom. The Morgan fingerprint density at radius 3 is 2.88 bits per heavy atom. The summed E-state index contributed by atoms with van der Waals surface area (Å²) in [6.45, 7) is 2.44. The molecule has 0 saturated heterocycles. The van der Waals surface area contributed by atoms with Crippen LogP contribution in [0.15, 0.2) is 24.3 Å². The molecule has 0 amide bonds. The van der Waals surface area contributed by atoms with Crippen LogP contribution in [-0.2, 0) is 9.78 Å². The van der Waals surface area contributed by atoms with Gasteiger partial charge < -0.3 is 0 Å². The summed E-state index contributed by atoms with van der Waals surface area (Å²) >= 11 is 0. The second kappa shape index (κ2) is 6.95. The van der Waals surface area contributed by atoms with Gasteiger partial charge in [-0.1, -0.05) is 25.8 Å². The van der Waals surface area contributed by atoms with Gasteiger partial charge in [0.25, 0.3) is 0 Å². The minimum absolute atomic E-state index is 0.149. The summed E-state index contributed by atoms with van der Waals surface area (Å²) in [5.41, 5.74) is 0.149. The summed E-state index contributed by atoms with van der Waals surface area (Å²) in [5.74, 6) is -1.14. The fourth-order valence-electron chi connectivity index (χ4n) is 1.17. The second-order valence-electron chi connectivity index (χ2n) is 3.41. The third kappa shape index (κ3) is 4.40. The molecule has 0 atom stereocenters. The van der Waals surface area contributed by atoms with Crippen LogP contribution in [0.1, 0.15) is 36.5 Å². The molecular formula is C12H15FO3. The van der Waals surface area contributed by atoms with Crippen molar-refractivity contribution >= 4 is 5.97 Å². The van der Waals surface area contributed by atoms with Crippen LogP contribution in [0.3, 0.4) is 0 Å². The molecule has 1 rings (SSSR count). The zero-order valence-corrected chi connectivity index (χ0v) is 9.24. The van der Waals surface area contributed by atoms with E-state index in [1.807, 2.05) is 0 Å². The minimum Gasteiger partial charge on any atom is -0.293 e. The number of hydrogen-bond acceptors (Lipinski definition) is 3. The first-order chi connectivity index (χ1) is 7.74. The molecule has 0 aliphatic carbocycles. The SMILES string of the molecule is CCCCCOOC(=O)c1cccc(F)c1. The molecule has 0 aromatic heterocycles. The van der Waals surface area contributed by atoms with E-state index in [0.29, 0.717) is 6.61 Å². The molecule has 1 aromatic rings. The maximum Gasteiger partial charge on any atom is 0.373 e. The molecule has 0 bridgehead atoms. The second-order valence-corrected chi connectivity index (χ2v) is 3.41. The van der Waals surface area contributed by atoms with Crippen molar-refractivity contribution in [1.82, 2.24) is 0 Å². The molecule has 0 N–H and O–H groups in total. The molecule has 1 aromatic carbocycles. The molecule has 3 nitrogen and oxygen atoms in total. The summed E-state index contributed by atoms with van der Waals surface area (Å²) in [4.78, 5) is 20.6. The van der Waals surface area contributed by atoms with E-state index in [1.165, 1.54) is 18.2 Å². The summed E-state index contributed by atoms with van der Waals surface area (Å²) < 4.78 is 12.8. The lowest BCUT2D eigenvalue weighted by Gasteiger charge is -2.03. The van der Waals surface area contributed by atoms with Crippen LogP contribution in [0.2, 0.25) is 0 Å². The minimum atomic E-state index is -0.670. The molecule has 0 fully saturated rings. The average molecular weight is 226 g/mol. The third-order valence-corrected chi connectivity index (χ3v) is 2.03. The van der Waals surface area contributed by atoms with Crippen LogP contribution >= 0.6 is 0 Å². The van der Waals surface area contributed by atoms with E-state index in [9.17, 15) is 9.18 Å². The Hall–Kier alpha value is -1.42. The van der Waals surface area contributed by atoms with Gasteiger partial charge in [-0.05, 0) is 24.6 Å².